The Morgan fingerprint density at radius 3 is 2.50 bits per heavy atom. The van der Waals surface area contributed by atoms with Crippen molar-refractivity contribution in [3.05, 3.63) is 72.0 Å². The van der Waals surface area contributed by atoms with E-state index in [1.807, 2.05) is 0 Å². The molecule has 1 fully saturated rings. The number of carbonyl (C=O) groups is 2. The molecule has 0 saturated carbocycles. The van der Waals surface area contributed by atoms with E-state index in [1.54, 1.807) is 0 Å². The highest BCUT2D eigenvalue weighted by Gasteiger charge is 2.52. The van der Waals surface area contributed by atoms with Gasteiger partial charge in [-0.3, -0.25) is 13.9 Å². The summed E-state index contributed by atoms with van der Waals surface area (Å²) in [6.45, 7) is -3.82. The fourth-order valence-electron chi connectivity index (χ4n) is 5.23. The van der Waals surface area contributed by atoms with Crippen molar-refractivity contribution in [1.29, 1.82) is 0 Å². The quantitative estimate of drug-likeness (QED) is 0.260. The summed E-state index contributed by atoms with van der Waals surface area (Å²) in [5.41, 5.74) is -3.30. The van der Waals surface area contributed by atoms with Gasteiger partial charge in [-0.2, -0.15) is 22.0 Å². The Labute approximate surface area is 246 Å². The van der Waals surface area contributed by atoms with Gasteiger partial charge in [-0.05, 0) is 60.0 Å². The van der Waals surface area contributed by atoms with Gasteiger partial charge >= 0.3 is 18.8 Å². The van der Waals surface area contributed by atoms with Gasteiger partial charge in [0.25, 0.3) is 10.0 Å². The van der Waals surface area contributed by atoms with Crippen LogP contribution in [0.15, 0.2) is 65.6 Å². The van der Waals surface area contributed by atoms with Crippen LogP contribution in [0.2, 0.25) is 0 Å². The van der Waals surface area contributed by atoms with Crippen molar-refractivity contribution >= 4 is 27.6 Å². The van der Waals surface area contributed by atoms with Gasteiger partial charge in [-0.25, -0.2) is 12.8 Å². The molecule has 2 aliphatic rings. The molecule has 234 valence electrons. The van der Waals surface area contributed by atoms with Crippen LogP contribution in [0.4, 0.5) is 32.0 Å². The Morgan fingerprint density at radius 1 is 1.11 bits per heavy atom. The van der Waals surface area contributed by atoms with Gasteiger partial charge in [0.2, 0.25) is 5.91 Å². The molecule has 1 saturated heterocycles. The highest BCUT2D eigenvalue weighted by molar-refractivity contribution is 7.92. The van der Waals surface area contributed by atoms with Crippen molar-refractivity contribution in [2.75, 3.05) is 17.4 Å². The number of benzene rings is 3. The number of sulfonamides is 1. The van der Waals surface area contributed by atoms with E-state index in [2.05, 4.69) is 10.1 Å². The smallest absolute Gasteiger partial charge is 0.416 e. The summed E-state index contributed by atoms with van der Waals surface area (Å²) in [6, 6.07) is 9.53. The van der Waals surface area contributed by atoms with Gasteiger partial charge in [0, 0.05) is 19.0 Å². The minimum atomic E-state index is -4.87. The number of anilines is 1. The molecule has 2 heterocycles. The zero-order chi connectivity index (χ0) is 32.0. The SMILES string of the molecule is O=C(O)[C@@]1(C[C@H]2CN(S(=O)(=O)c3cccc(C(F)(F)F)c3)c3cc(-c4cc(F)cc(OC(F)F)c4)ccc3O2)CCNC1=O. The van der Waals surface area contributed by atoms with E-state index >= 15 is 0 Å². The fourth-order valence-corrected chi connectivity index (χ4v) is 6.78. The molecule has 44 heavy (non-hydrogen) atoms. The van der Waals surface area contributed by atoms with Gasteiger partial charge in [-0.15, -0.1) is 0 Å². The molecule has 5 rings (SSSR count). The second kappa shape index (κ2) is 11.2. The predicted molar refractivity (Wildman–Crippen MR) is 141 cm³/mol. The Balaban J connectivity index is 1.62. The third-order valence-electron chi connectivity index (χ3n) is 7.33. The average Bonchev–Trinajstić information content (AvgIpc) is 3.32. The number of hydrogen-bond donors (Lipinski definition) is 2. The number of aliphatic carboxylic acids is 1. The van der Waals surface area contributed by atoms with Crippen molar-refractivity contribution in [3.8, 4) is 22.6 Å². The van der Waals surface area contributed by atoms with Gasteiger partial charge < -0.3 is 19.9 Å². The Morgan fingerprint density at radius 2 is 1.86 bits per heavy atom. The van der Waals surface area contributed by atoms with Gasteiger partial charge in [0.15, 0.2) is 5.41 Å². The molecular weight excluding hydrogens is 622 g/mol. The van der Waals surface area contributed by atoms with E-state index in [-0.39, 0.29) is 35.5 Å². The molecule has 0 aliphatic carbocycles. The van der Waals surface area contributed by atoms with E-state index in [0.717, 1.165) is 24.3 Å². The van der Waals surface area contributed by atoms with Crippen molar-refractivity contribution in [2.45, 2.75) is 36.6 Å². The minimum Gasteiger partial charge on any atom is -0.486 e. The fraction of sp³-hybridized carbons (Fsp3) is 0.286. The lowest BCUT2D eigenvalue weighted by Crippen LogP contribution is -2.49. The van der Waals surface area contributed by atoms with E-state index in [4.69, 9.17) is 4.74 Å². The molecular formula is C28H22F6N2O7S. The summed E-state index contributed by atoms with van der Waals surface area (Å²) in [7, 11) is -4.80. The Hall–Kier alpha value is -4.47. The number of carbonyl (C=O) groups excluding carboxylic acids is 1. The largest absolute Gasteiger partial charge is 0.486 e. The van der Waals surface area contributed by atoms with Crippen LogP contribution in [0.5, 0.6) is 11.5 Å². The lowest BCUT2D eigenvalue weighted by atomic mass is 9.80. The predicted octanol–water partition coefficient (Wildman–Crippen LogP) is 5.05. The number of carboxylic acid groups (broad SMARTS) is 1. The number of rotatable bonds is 8. The van der Waals surface area contributed by atoms with Crippen LogP contribution in [0.25, 0.3) is 11.1 Å². The zero-order valence-corrected chi connectivity index (χ0v) is 23.1. The van der Waals surface area contributed by atoms with E-state index in [1.165, 1.54) is 18.2 Å². The number of hydrogen-bond acceptors (Lipinski definition) is 6. The van der Waals surface area contributed by atoms with E-state index < -0.39 is 81.2 Å². The van der Waals surface area contributed by atoms with Crippen LogP contribution in [-0.4, -0.2) is 51.2 Å². The first kappa shape index (κ1) is 31.0. The van der Waals surface area contributed by atoms with Gasteiger partial charge in [0.1, 0.15) is 23.4 Å². The summed E-state index contributed by atoms with van der Waals surface area (Å²) >= 11 is 0. The summed E-state index contributed by atoms with van der Waals surface area (Å²) in [4.78, 5) is 24.0. The second-order valence-electron chi connectivity index (χ2n) is 10.1. The van der Waals surface area contributed by atoms with Crippen LogP contribution < -0.4 is 19.1 Å². The third-order valence-corrected chi connectivity index (χ3v) is 9.10. The average molecular weight is 645 g/mol. The first-order chi connectivity index (χ1) is 20.6. The molecule has 0 spiro atoms. The summed E-state index contributed by atoms with van der Waals surface area (Å²) in [6.07, 6.45) is -6.70. The zero-order valence-electron chi connectivity index (χ0n) is 22.3. The Kier molecular flexibility index (Phi) is 7.90. The number of alkyl halides is 5. The van der Waals surface area contributed by atoms with Crippen molar-refractivity contribution < 1.29 is 58.9 Å². The second-order valence-corrected chi connectivity index (χ2v) is 12.0. The van der Waals surface area contributed by atoms with Crippen LogP contribution in [0, 0.1) is 11.2 Å². The minimum absolute atomic E-state index is 0.00514. The molecule has 9 nitrogen and oxygen atoms in total. The molecule has 2 atom stereocenters. The number of amides is 1. The van der Waals surface area contributed by atoms with Crippen molar-refractivity contribution in [1.82, 2.24) is 5.32 Å². The van der Waals surface area contributed by atoms with Crippen molar-refractivity contribution in [3.63, 3.8) is 0 Å². The molecule has 0 unspecified atom stereocenters. The number of carboxylic acids is 1. The molecule has 0 radical (unpaired) electrons. The van der Waals surface area contributed by atoms with Crippen LogP contribution in [0.3, 0.4) is 0 Å². The first-order valence-corrected chi connectivity index (χ1v) is 14.3. The van der Waals surface area contributed by atoms with E-state index in [9.17, 15) is 49.5 Å². The lowest BCUT2D eigenvalue weighted by Gasteiger charge is -2.38. The van der Waals surface area contributed by atoms with Crippen LogP contribution >= 0.6 is 0 Å². The molecule has 0 bridgehead atoms. The number of nitrogens with zero attached hydrogens (tertiary/aromatic N) is 1. The molecule has 3 aromatic rings. The number of halogens is 6. The normalized spacial score (nSPS) is 20.2. The third kappa shape index (κ3) is 5.85. The molecule has 3 aromatic carbocycles. The van der Waals surface area contributed by atoms with Crippen molar-refractivity contribution in [2.24, 2.45) is 5.41 Å². The molecule has 16 heteroatoms. The molecule has 1 amide bonds. The maximum atomic E-state index is 14.3. The van der Waals surface area contributed by atoms with E-state index in [0.29, 0.717) is 22.5 Å². The lowest BCUT2D eigenvalue weighted by molar-refractivity contribution is -0.155. The maximum absolute atomic E-state index is 14.3. The summed E-state index contributed by atoms with van der Waals surface area (Å²) in [5, 5.41) is 12.3. The first-order valence-electron chi connectivity index (χ1n) is 12.9. The molecule has 2 N–H and O–H groups in total. The summed E-state index contributed by atoms with van der Waals surface area (Å²) in [5.74, 6) is -3.87. The van der Waals surface area contributed by atoms with Crippen LogP contribution in [-0.2, 0) is 25.8 Å². The Bertz CT molecular complexity index is 1730. The topological polar surface area (TPSA) is 122 Å². The standard InChI is InChI=1S/C28H22F6N2O7S/c29-18-8-16(9-19(12-18)43-26(30)31)15-4-5-23-22(10-15)36(44(40,41)21-3-1-2-17(11-21)28(32,33)34)14-20(42-23)13-27(25(38)39)6-7-35-24(27)37/h1-5,8-12,20,26H,6-7,13-14H2,(H,35,37)(H,38,39)/t20-,27+/m0/s1. The van der Waals surface area contributed by atoms with Gasteiger partial charge in [-0.1, -0.05) is 12.1 Å². The highest BCUT2D eigenvalue weighted by atomic mass is 32.2. The summed E-state index contributed by atoms with van der Waals surface area (Å²) < 4.78 is 119. The number of nitrogens with one attached hydrogen (secondary N) is 1. The number of fused-ring (bicyclic) bond motifs is 1. The van der Waals surface area contributed by atoms with Crippen LogP contribution in [0.1, 0.15) is 18.4 Å². The monoisotopic (exact) mass is 644 g/mol. The highest BCUT2D eigenvalue weighted by Crippen LogP contribution is 2.44. The van der Waals surface area contributed by atoms with Gasteiger partial charge in [0.05, 0.1) is 22.7 Å². The molecule has 0 aromatic heterocycles. The maximum Gasteiger partial charge on any atom is 0.416 e. The molecule has 2 aliphatic heterocycles. The number of ether oxygens (including phenoxy) is 2.